The van der Waals surface area contributed by atoms with Gasteiger partial charge in [-0.05, 0) is 49.1 Å². The second-order valence-electron chi connectivity index (χ2n) is 6.81. The van der Waals surface area contributed by atoms with Gasteiger partial charge in [0.15, 0.2) is 0 Å². The number of nitrogens with one attached hydrogen (secondary N) is 1. The summed E-state index contributed by atoms with van der Waals surface area (Å²) in [6, 6.07) is 15.7. The van der Waals surface area contributed by atoms with Crippen LogP contribution in [0, 0.1) is 6.92 Å². The molecule has 0 saturated carbocycles. The SMILES string of the molecule is Cc1ccccc1OCCCC(=O)NCc1ccc(N2CCCC2=O)cc1. The Morgan fingerprint density at radius 2 is 1.93 bits per heavy atom. The number of carbonyl (C=O) groups excluding carboxylic acids is 2. The fraction of sp³-hybridized carbons (Fsp3) is 0.364. The van der Waals surface area contributed by atoms with E-state index in [-0.39, 0.29) is 11.8 Å². The Balaban J connectivity index is 1.36. The van der Waals surface area contributed by atoms with Crippen molar-refractivity contribution in [2.75, 3.05) is 18.1 Å². The Labute approximate surface area is 160 Å². The normalized spacial score (nSPS) is 13.7. The summed E-state index contributed by atoms with van der Waals surface area (Å²) in [6.45, 7) is 3.81. The Kier molecular flexibility index (Phi) is 6.47. The maximum absolute atomic E-state index is 12.0. The molecule has 1 N–H and O–H groups in total. The van der Waals surface area contributed by atoms with Gasteiger partial charge in [0.05, 0.1) is 6.61 Å². The summed E-state index contributed by atoms with van der Waals surface area (Å²) in [4.78, 5) is 25.6. The van der Waals surface area contributed by atoms with Crippen molar-refractivity contribution in [1.29, 1.82) is 0 Å². The standard InChI is InChI=1S/C22H26N2O3/c1-17-6-2-3-7-20(17)27-15-5-8-21(25)23-16-18-10-12-19(13-11-18)24-14-4-9-22(24)26/h2-3,6-7,10-13H,4-5,8-9,14-16H2,1H3,(H,23,25). The first-order chi connectivity index (χ1) is 13.1. The fourth-order valence-corrected chi connectivity index (χ4v) is 3.14. The predicted octanol–water partition coefficient (Wildman–Crippen LogP) is 3.60. The van der Waals surface area contributed by atoms with Crippen LogP contribution >= 0.6 is 0 Å². The molecule has 0 aliphatic carbocycles. The first-order valence-electron chi connectivity index (χ1n) is 9.48. The van der Waals surface area contributed by atoms with E-state index in [2.05, 4.69) is 5.32 Å². The molecule has 3 rings (SSSR count). The van der Waals surface area contributed by atoms with Gasteiger partial charge in [-0.25, -0.2) is 0 Å². The molecule has 1 saturated heterocycles. The molecule has 0 unspecified atom stereocenters. The molecule has 2 amide bonds. The smallest absolute Gasteiger partial charge is 0.227 e. The van der Waals surface area contributed by atoms with Crippen LogP contribution in [0.4, 0.5) is 5.69 Å². The van der Waals surface area contributed by atoms with Crippen LogP contribution in [0.25, 0.3) is 0 Å². The first-order valence-corrected chi connectivity index (χ1v) is 9.48. The summed E-state index contributed by atoms with van der Waals surface area (Å²) in [5.41, 5.74) is 3.05. The molecule has 0 atom stereocenters. The van der Waals surface area contributed by atoms with Crippen molar-refractivity contribution in [2.24, 2.45) is 0 Å². The minimum atomic E-state index is 0.0159. The Morgan fingerprint density at radius 3 is 2.63 bits per heavy atom. The van der Waals surface area contributed by atoms with E-state index in [1.807, 2.05) is 60.4 Å². The van der Waals surface area contributed by atoms with Gasteiger partial charge in [0.25, 0.3) is 0 Å². The van der Waals surface area contributed by atoms with Gasteiger partial charge in [0, 0.05) is 31.6 Å². The summed E-state index contributed by atoms with van der Waals surface area (Å²) < 4.78 is 5.71. The molecule has 5 nitrogen and oxygen atoms in total. The Hall–Kier alpha value is -2.82. The lowest BCUT2D eigenvalue weighted by Crippen LogP contribution is -2.24. The van der Waals surface area contributed by atoms with Gasteiger partial charge in [-0.15, -0.1) is 0 Å². The number of benzene rings is 2. The average Bonchev–Trinajstić information content (AvgIpc) is 3.11. The summed E-state index contributed by atoms with van der Waals surface area (Å²) >= 11 is 0. The minimum Gasteiger partial charge on any atom is -0.493 e. The van der Waals surface area contributed by atoms with Crippen molar-refractivity contribution in [3.8, 4) is 5.75 Å². The zero-order valence-electron chi connectivity index (χ0n) is 15.7. The van der Waals surface area contributed by atoms with Crippen molar-refractivity contribution >= 4 is 17.5 Å². The Morgan fingerprint density at radius 1 is 1.15 bits per heavy atom. The van der Waals surface area contributed by atoms with E-state index in [0.29, 0.717) is 32.4 Å². The van der Waals surface area contributed by atoms with Gasteiger partial charge in [-0.1, -0.05) is 30.3 Å². The van der Waals surface area contributed by atoms with Crippen LogP contribution in [0.3, 0.4) is 0 Å². The molecular weight excluding hydrogens is 340 g/mol. The number of carbonyl (C=O) groups is 2. The van der Waals surface area contributed by atoms with E-state index in [0.717, 1.165) is 35.5 Å². The van der Waals surface area contributed by atoms with Crippen LogP contribution in [0.5, 0.6) is 5.75 Å². The molecule has 27 heavy (non-hydrogen) atoms. The van der Waals surface area contributed by atoms with Crippen molar-refractivity contribution in [3.63, 3.8) is 0 Å². The van der Waals surface area contributed by atoms with Gasteiger partial charge >= 0.3 is 0 Å². The number of anilines is 1. The fourth-order valence-electron chi connectivity index (χ4n) is 3.14. The molecule has 1 aliphatic heterocycles. The number of hydrogen-bond donors (Lipinski definition) is 1. The van der Waals surface area contributed by atoms with Crippen molar-refractivity contribution in [3.05, 3.63) is 59.7 Å². The molecule has 1 aliphatic rings. The van der Waals surface area contributed by atoms with E-state index >= 15 is 0 Å². The van der Waals surface area contributed by atoms with E-state index < -0.39 is 0 Å². The lowest BCUT2D eigenvalue weighted by atomic mass is 10.2. The summed E-state index contributed by atoms with van der Waals surface area (Å²) in [5, 5.41) is 2.93. The van der Waals surface area contributed by atoms with Crippen LogP contribution in [-0.4, -0.2) is 25.0 Å². The highest BCUT2D eigenvalue weighted by atomic mass is 16.5. The van der Waals surface area contributed by atoms with E-state index in [1.165, 1.54) is 0 Å². The number of nitrogens with zero attached hydrogens (tertiary/aromatic N) is 1. The lowest BCUT2D eigenvalue weighted by Gasteiger charge is -2.16. The molecule has 5 heteroatoms. The summed E-state index contributed by atoms with van der Waals surface area (Å²) in [7, 11) is 0. The minimum absolute atomic E-state index is 0.0159. The first kappa shape index (κ1) is 19.0. The summed E-state index contributed by atoms with van der Waals surface area (Å²) in [5.74, 6) is 1.07. The molecule has 2 aromatic rings. The van der Waals surface area contributed by atoms with E-state index in [1.54, 1.807) is 0 Å². The molecular formula is C22H26N2O3. The molecule has 2 aromatic carbocycles. The molecule has 1 fully saturated rings. The van der Waals surface area contributed by atoms with Gasteiger partial charge in [-0.3, -0.25) is 9.59 Å². The van der Waals surface area contributed by atoms with Crippen molar-refractivity contribution in [1.82, 2.24) is 5.32 Å². The van der Waals surface area contributed by atoms with Crippen LogP contribution in [-0.2, 0) is 16.1 Å². The monoisotopic (exact) mass is 366 g/mol. The molecule has 0 spiro atoms. The molecule has 0 bridgehead atoms. The number of aryl methyl sites for hydroxylation is 1. The van der Waals surface area contributed by atoms with Gasteiger partial charge in [0.2, 0.25) is 11.8 Å². The third-order valence-corrected chi connectivity index (χ3v) is 4.71. The second kappa shape index (κ2) is 9.21. The number of amides is 2. The number of ether oxygens (including phenoxy) is 1. The van der Waals surface area contributed by atoms with E-state index in [4.69, 9.17) is 4.74 Å². The lowest BCUT2D eigenvalue weighted by molar-refractivity contribution is -0.121. The van der Waals surface area contributed by atoms with Gasteiger partial charge in [0.1, 0.15) is 5.75 Å². The van der Waals surface area contributed by atoms with Gasteiger partial charge < -0.3 is 15.0 Å². The highest BCUT2D eigenvalue weighted by molar-refractivity contribution is 5.95. The second-order valence-corrected chi connectivity index (χ2v) is 6.81. The van der Waals surface area contributed by atoms with Crippen LogP contribution in [0.2, 0.25) is 0 Å². The topological polar surface area (TPSA) is 58.6 Å². The molecule has 0 aromatic heterocycles. The molecule has 1 heterocycles. The van der Waals surface area contributed by atoms with Crippen LogP contribution < -0.4 is 15.0 Å². The van der Waals surface area contributed by atoms with Crippen LogP contribution in [0.1, 0.15) is 36.8 Å². The maximum atomic E-state index is 12.0. The number of rotatable bonds is 8. The maximum Gasteiger partial charge on any atom is 0.227 e. The highest BCUT2D eigenvalue weighted by Gasteiger charge is 2.21. The zero-order valence-corrected chi connectivity index (χ0v) is 15.7. The quantitative estimate of drug-likeness (QED) is 0.726. The third-order valence-electron chi connectivity index (χ3n) is 4.71. The highest BCUT2D eigenvalue weighted by Crippen LogP contribution is 2.21. The predicted molar refractivity (Wildman–Crippen MR) is 106 cm³/mol. The number of para-hydroxylation sites is 1. The third kappa shape index (κ3) is 5.33. The zero-order chi connectivity index (χ0) is 19.1. The van der Waals surface area contributed by atoms with Crippen LogP contribution in [0.15, 0.2) is 48.5 Å². The van der Waals surface area contributed by atoms with Crippen molar-refractivity contribution in [2.45, 2.75) is 39.2 Å². The average molecular weight is 366 g/mol. The summed E-state index contributed by atoms with van der Waals surface area (Å²) in [6.07, 6.45) is 2.66. The Bertz CT molecular complexity index is 786. The molecule has 0 radical (unpaired) electrons. The van der Waals surface area contributed by atoms with Crippen molar-refractivity contribution < 1.29 is 14.3 Å². The van der Waals surface area contributed by atoms with E-state index in [9.17, 15) is 9.59 Å². The largest absolute Gasteiger partial charge is 0.493 e. The van der Waals surface area contributed by atoms with Gasteiger partial charge in [-0.2, -0.15) is 0 Å². The number of hydrogen-bond acceptors (Lipinski definition) is 3. The molecule has 142 valence electrons.